The number of nitrogen functional groups attached to an aromatic ring is 1. The number of benzene rings is 1. The van der Waals surface area contributed by atoms with E-state index in [1.165, 1.54) is 18.3 Å². The maximum atomic E-state index is 13.0. The van der Waals surface area contributed by atoms with Gasteiger partial charge < -0.3 is 10.6 Å². The van der Waals surface area contributed by atoms with Crippen molar-refractivity contribution in [1.82, 2.24) is 14.9 Å². The van der Waals surface area contributed by atoms with Crippen LogP contribution in [0.4, 0.5) is 10.2 Å². The van der Waals surface area contributed by atoms with E-state index in [1.807, 2.05) is 23.2 Å². The maximum Gasteiger partial charge on any atom is 0.255 e. The van der Waals surface area contributed by atoms with Crippen LogP contribution >= 0.6 is 0 Å². The van der Waals surface area contributed by atoms with E-state index >= 15 is 0 Å². The Morgan fingerprint density at radius 3 is 2.50 bits per heavy atom. The SMILES string of the molecule is Nc1ccc(C(=O)N2CCC[C@H]2c2ccc(Cc3ccc(F)cc3)cn2)cn1. The minimum atomic E-state index is -0.237. The molecule has 1 saturated heterocycles. The maximum absolute atomic E-state index is 13.0. The van der Waals surface area contributed by atoms with Crippen LogP contribution in [0.15, 0.2) is 60.9 Å². The third-order valence-electron chi connectivity index (χ3n) is 5.06. The van der Waals surface area contributed by atoms with Crippen molar-refractivity contribution in [2.45, 2.75) is 25.3 Å². The summed E-state index contributed by atoms with van der Waals surface area (Å²) in [6, 6.07) is 13.8. The van der Waals surface area contributed by atoms with Gasteiger partial charge in [0.15, 0.2) is 0 Å². The van der Waals surface area contributed by atoms with Gasteiger partial charge in [0.05, 0.1) is 17.3 Å². The van der Waals surface area contributed by atoms with Gasteiger partial charge in [0.2, 0.25) is 0 Å². The van der Waals surface area contributed by atoms with Crippen LogP contribution in [-0.2, 0) is 6.42 Å². The van der Waals surface area contributed by atoms with Gasteiger partial charge in [-0.15, -0.1) is 0 Å². The first-order chi connectivity index (χ1) is 13.6. The molecule has 6 heteroatoms. The number of carbonyl (C=O) groups excluding carboxylic acids is 1. The molecule has 0 spiro atoms. The van der Waals surface area contributed by atoms with Crippen molar-refractivity contribution in [2.75, 3.05) is 12.3 Å². The molecule has 1 amide bonds. The first-order valence-electron chi connectivity index (χ1n) is 9.32. The quantitative estimate of drug-likeness (QED) is 0.752. The summed E-state index contributed by atoms with van der Waals surface area (Å²) >= 11 is 0. The van der Waals surface area contributed by atoms with E-state index in [1.54, 1.807) is 24.3 Å². The van der Waals surface area contributed by atoms with Gasteiger partial charge in [0.1, 0.15) is 11.6 Å². The number of nitrogens with zero attached hydrogens (tertiary/aromatic N) is 3. The molecule has 1 fully saturated rings. The van der Waals surface area contributed by atoms with E-state index in [4.69, 9.17) is 5.73 Å². The number of amides is 1. The number of aromatic nitrogens is 2. The summed E-state index contributed by atoms with van der Waals surface area (Å²) in [5, 5.41) is 0. The van der Waals surface area contributed by atoms with Gasteiger partial charge in [-0.3, -0.25) is 9.78 Å². The largest absolute Gasteiger partial charge is 0.384 e. The van der Waals surface area contributed by atoms with E-state index in [-0.39, 0.29) is 17.8 Å². The minimum absolute atomic E-state index is 0.0371. The molecule has 3 aromatic rings. The zero-order valence-electron chi connectivity index (χ0n) is 15.4. The van der Waals surface area contributed by atoms with Crippen LogP contribution in [-0.4, -0.2) is 27.3 Å². The first kappa shape index (κ1) is 18.1. The van der Waals surface area contributed by atoms with Crippen LogP contribution in [0.2, 0.25) is 0 Å². The molecular formula is C22H21FN4O. The molecule has 1 atom stereocenters. The molecule has 142 valence electrons. The summed E-state index contributed by atoms with van der Waals surface area (Å²) in [5.41, 5.74) is 9.11. The van der Waals surface area contributed by atoms with Crippen molar-refractivity contribution in [3.63, 3.8) is 0 Å². The molecule has 0 bridgehead atoms. The molecule has 0 unspecified atom stereocenters. The van der Waals surface area contributed by atoms with Crippen LogP contribution in [0.1, 0.15) is 46.1 Å². The smallest absolute Gasteiger partial charge is 0.255 e. The van der Waals surface area contributed by atoms with Gasteiger partial charge in [0, 0.05) is 18.9 Å². The van der Waals surface area contributed by atoms with Crippen molar-refractivity contribution in [3.8, 4) is 0 Å². The summed E-state index contributed by atoms with van der Waals surface area (Å²) in [5.74, 6) is 0.111. The Kier molecular flexibility index (Phi) is 5.02. The fourth-order valence-corrected chi connectivity index (χ4v) is 3.59. The highest BCUT2D eigenvalue weighted by Gasteiger charge is 2.31. The number of nitrogens with two attached hydrogens (primary N) is 1. The van der Waals surface area contributed by atoms with Crippen LogP contribution in [0, 0.1) is 5.82 Å². The Bertz CT molecular complexity index is 955. The Balaban J connectivity index is 1.49. The van der Waals surface area contributed by atoms with Gasteiger partial charge in [0.25, 0.3) is 5.91 Å². The van der Waals surface area contributed by atoms with Crippen molar-refractivity contribution in [1.29, 1.82) is 0 Å². The number of hydrogen-bond acceptors (Lipinski definition) is 4. The molecule has 3 heterocycles. The van der Waals surface area contributed by atoms with E-state index in [0.717, 1.165) is 29.7 Å². The fourth-order valence-electron chi connectivity index (χ4n) is 3.59. The lowest BCUT2D eigenvalue weighted by Gasteiger charge is -2.24. The summed E-state index contributed by atoms with van der Waals surface area (Å²) < 4.78 is 13.0. The number of hydrogen-bond donors (Lipinski definition) is 1. The van der Waals surface area contributed by atoms with E-state index < -0.39 is 0 Å². The van der Waals surface area contributed by atoms with Gasteiger partial charge in [-0.1, -0.05) is 18.2 Å². The molecule has 0 saturated carbocycles. The predicted octanol–water partition coefficient (Wildman–Crippen LogP) is 3.77. The topological polar surface area (TPSA) is 72.1 Å². The fraction of sp³-hybridized carbons (Fsp3) is 0.227. The summed E-state index contributed by atoms with van der Waals surface area (Å²) in [4.78, 5) is 23.3. The lowest BCUT2D eigenvalue weighted by Crippen LogP contribution is -2.31. The third kappa shape index (κ3) is 3.86. The summed E-state index contributed by atoms with van der Waals surface area (Å²) in [7, 11) is 0. The molecule has 28 heavy (non-hydrogen) atoms. The van der Waals surface area contributed by atoms with Crippen molar-refractivity contribution in [3.05, 3.63) is 89.1 Å². The molecule has 1 aliphatic heterocycles. The Morgan fingerprint density at radius 2 is 1.82 bits per heavy atom. The van der Waals surface area contributed by atoms with E-state index in [0.29, 0.717) is 24.3 Å². The minimum Gasteiger partial charge on any atom is -0.384 e. The molecule has 1 aliphatic rings. The number of anilines is 1. The summed E-state index contributed by atoms with van der Waals surface area (Å²) in [6.07, 6.45) is 5.88. The molecule has 0 radical (unpaired) electrons. The second-order valence-corrected chi connectivity index (χ2v) is 7.02. The Hall–Kier alpha value is -3.28. The monoisotopic (exact) mass is 376 g/mol. The zero-order chi connectivity index (χ0) is 19.5. The Labute approximate surface area is 163 Å². The molecular weight excluding hydrogens is 355 g/mol. The highest BCUT2D eigenvalue weighted by molar-refractivity contribution is 5.94. The number of halogens is 1. The highest BCUT2D eigenvalue weighted by Crippen LogP contribution is 2.32. The number of rotatable bonds is 4. The second-order valence-electron chi connectivity index (χ2n) is 7.02. The lowest BCUT2D eigenvalue weighted by molar-refractivity contribution is 0.0732. The predicted molar refractivity (Wildman–Crippen MR) is 105 cm³/mol. The van der Waals surface area contributed by atoms with Crippen LogP contribution in [0.25, 0.3) is 0 Å². The van der Waals surface area contributed by atoms with Crippen molar-refractivity contribution >= 4 is 11.7 Å². The molecule has 0 aliphatic carbocycles. The van der Waals surface area contributed by atoms with E-state index in [9.17, 15) is 9.18 Å². The third-order valence-corrected chi connectivity index (χ3v) is 5.06. The van der Waals surface area contributed by atoms with Gasteiger partial charge in [-0.25, -0.2) is 9.37 Å². The number of pyridine rings is 2. The number of carbonyl (C=O) groups is 1. The molecule has 2 aromatic heterocycles. The molecule has 1 aromatic carbocycles. The summed E-state index contributed by atoms with van der Waals surface area (Å²) in [6.45, 7) is 0.701. The Morgan fingerprint density at radius 1 is 1.04 bits per heavy atom. The number of likely N-dealkylation sites (tertiary alicyclic amines) is 1. The van der Waals surface area contributed by atoms with Crippen LogP contribution in [0.3, 0.4) is 0 Å². The average Bonchev–Trinajstić information content (AvgIpc) is 3.20. The average molecular weight is 376 g/mol. The van der Waals surface area contributed by atoms with Crippen molar-refractivity contribution < 1.29 is 9.18 Å². The molecule has 2 N–H and O–H groups in total. The highest BCUT2D eigenvalue weighted by atomic mass is 19.1. The van der Waals surface area contributed by atoms with Crippen LogP contribution in [0.5, 0.6) is 0 Å². The van der Waals surface area contributed by atoms with E-state index in [2.05, 4.69) is 9.97 Å². The van der Waals surface area contributed by atoms with Crippen molar-refractivity contribution in [2.24, 2.45) is 0 Å². The zero-order valence-corrected chi connectivity index (χ0v) is 15.4. The van der Waals surface area contributed by atoms with Gasteiger partial charge in [-0.2, -0.15) is 0 Å². The molecule has 4 rings (SSSR count). The molecule has 5 nitrogen and oxygen atoms in total. The first-order valence-corrected chi connectivity index (χ1v) is 9.32. The standard InChI is InChI=1S/C22H21FN4O/c23-18-7-3-15(4-8-18)12-16-5-9-19(25-13-16)20-2-1-11-27(20)22(28)17-6-10-21(24)26-14-17/h3-10,13-14,20H,1-2,11-12H2,(H2,24,26)/t20-/m0/s1. The second kappa shape index (κ2) is 7.76. The van der Waals surface area contributed by atoms with Gasteiger partial charge in [-0.05, 0) is 60.7 Å². The van der Waals surface area contributed by atoms with Crippen LogP contribution < -0.4 is 5.73 Å². The van der Waals surface area contributed by atoms with Gasteiger partial charge >= 0.3 is 0 Å². The lowest BCUT2D eigenvalue weighted by atomic mass is 10.0. The normalized spacial score (nSPS) is 16.3.